The quantitative estimate of drug-likeness (QED) is 0.0975. The lowest BCUT2D eigenvalue weighted by Crippen LogP contribution is -2.60. The van der Waals surface area contributed by atoms with Gasteiger partial charge in [0.2, 0.25) is 23.6 Å². The van der Waals surface area contributed by atoms with E-state index in [9.17, 15) is 38.7 Å². The van der Waals surface area contributed by atoms with Crippen LogP contribution in [0.1, 0.15) is 58.9 Å². The van der Waals surface area contributed by atoms with E-state index in [1.807, 2.05) is 0 Å². The lowest BCUT2D eigenvalue weighted by atomic mass is 9.98. The molecule has 2 aromatic rings. The van der Waals surface area contributed by atoms with Crippen LogP contribution in [0.2, 0.25) is 0 Å². The molecule has 0 aliphatic carbocycles. The number of hydrogen-bond acceptors (Lipinski definition) is 8. The summed E-state index contributed by atoms with van der Waals surface area (Å²) >= 11 is 0. The summed E-state index contributed by atoms with van der Waals surface area (Å²) in [6.07, 6.45) is 0.243. The maximum Gasteiger partial charge on any atom is 0.326 e. The minimum atomic E-state index is -1.77. The molecule has 0 spiro atoms. The molecule has 47 heavy (non-hydrogen) atoms. The number of amides is 4. The van der Waals surface area contributed by atoms with Gasteiger partial charge in [0, 0.05) is 29.9 Å². The van der Waals surface area contributed by atoms with Gasteiger partial charge in [-0.1, -0.05) is 45.9 Å². The molecule has 0 unspecified atom stereocenters. The Morgan fingerprint density at radius 1 is 0.766 bits per heavy atom. The molecule has 0 aliphatic heterocycles. The van der Waals surface area contributed by atoms with E-state index in [4.69, 9.17) is 15.9 Å². The molecule has 0 saturated carbocycles. The number of aromatic amines is 1. The third-order valence-electron chi connectivity index (χ3n) is 7.32. The number of nitrogens with two attached hydrogens (primary N) is 1. The van der Waals surface area contributed by atoms with Crippen molar-refractivity contribution in [2.75, 3.05) is 0 Å². The summed E-state index contributed by atoms with van der Waals surface area (Å²) < 4.78 is 0. The third-order valence-corrected chi connectivity index (χ3v) is 7.32. The average molecular weight is 661 g/mol. The molecule has 2 rings (SSSR count). The van der Waals surface area contributed by atoms with Crippen molar-refractivity contribution in [3.8, 4) is 0 Å². The zero-order valence-corrected chi connectivity index (χ0v) is 26.7. The molecule has 0 aliphatic rings. The van der Waals surface area contributed by atoms with Gasteiger partial charge < -0.3 is 47.3 Å². The van der Waals surface area contributed by atoms with Gasteiger partial charge in [-0.05, 0) is 36.3 Å². The molecule has 16 nitrogen and oxygen atoms in total. The van der Waals surface area contributed by atoms with E-state index < -0.39 is 84.1 Å². The van der Waals surface area contributed by atoms with Crippen molar-refractivity contribution < 1.29 is 48.9 Å². The van der Waals surface area contributed by atoms with Crippen LogP contribution in [0.4, 0.5) is 0 Å². The minimum absolute atomic E-state index is 0.109. The summed E-state index contributed by atoms with van der Waals surface area (Å²) in [6.45, 7) is 6.91. The van der Waals surface area contributed by atoms with Gasteiger partial charge in [0.05, 0.1) is 12.5 Å². The summed E-state index contributed by atoms with van der Waals surface area (Å²) in [5.41, 5.74) is 7.16. The minimum Gasteiger partial charge on any atom is -0.481 e. The predicted molar refractivity (Wildman–Crippen MR) is 169 cm³/mol. The fraction of sp³-hybridized carbons (Fsp3) is 0.516. The van der Waals surface area contributed by atoms with E-state index in [1.54, 1.807) is 58.2 Å². The zero-order valence-electron chi connectivity index (χ0n) is 26.7. The van der Waals surface area contributed by atoms with Crippen molar-refractivity contribution in [3.63, 3.8) is 0 Å². The molecule has 0 fully saturated rings. The van der Waals surface area contributed by atoms with Crippen LogP contribution in [0.15, 0.2) is 30.5 Å². The molecule has 258 valence electrons. The first-order valence-corrected chi connectivity index (χ1v) is 15.2. The Balaban J connectivity index is 2.33. The van der Waals surface area contributed by atoms with Crippen molar-refractivity contribution in [3.05, 3.63) is 36.0 Å². The van der Waals surface area contributed by atoms with Crippen LogP contribution in [0.3, 0.4) is 0 Å². The molecule has 5 atom stereocenters. The summed E-state index contributed by atoms with van der Waals surface area (Å²) in [4.78, 5) is 90.0. The number of carbonyl (C=O) groups is 7. The highest BCUT2D eigenvalue weighted by atomic mass is 16.4. The SMILES string of the molecule is CC(C)C[C@H](NC(=O)[C@@H](NC(=O)[C@@H](N)CCC(=O)O)C(C)C)C(=O)N[C@@H](Cc1c[nH]c2ccccc12)C(=O)N[C@@H](CC(=O)O)C(=O)O. The van der Waals surface area contributed by atoms with Gasteiger partial charge in [-0.2, -0.15) is 0 Å². The average Bonchev–Trinajstić information content (AvgIpc) is 3.39. The Kier molecular flexibility index (Phi) is 14.3. The van der Waals surface area contributed by atoms with Crippen molar-refractivity contribution in [2.45, 2.75) is 90.0 Å². The number of rotatable bonds is 19. The zero-order chi connectivity index (χ0) is 35.4. The first-order chi connectivity index (χ1) is 22.0. The number of aromatic nitrogens is 1. The Morgan fingerprint density at radius 2 is 1.36 bits per heavy atom. The van der Waals surface area contributed by atoms with Crippen LogP contribution < -0.4 is 27.0 Å². The largest absolute Gasteiger partial charge is 0.481 e. The first-order valence-electron chi connectivity index (χ1n) is 15.2. The van der Waals surface area contributed by atoms with E-state index in [-0.39, 0.29) is 31.6 Å². The number of benzene rings is 1. The molecule has 0 radical (unpaired) electrons. The van der Waals surface area contributed by atoms with Crippen LogP contribution in [0.5, 0.6) is 0 Å². The topological polar surface area (TPSA) is 270 Å². The third kappa shape index (κ3) is 12.0. The van der Waals surface area contributed by atoms with E-state index >= 15 is 0 Å². The molecule has 0 saturated heterocycles. The van der Waals surface area contributed by atoms with Crippen molar-refractivity contribution >= 4 is 52.4 Å². The first kappa shape index (κ1) is 38.2. The maximum atomic E-state index is 13.7. The number of carbonyl (C=O) groups excluding carboxylic acids is 4. The Labute approximate surface area is 271 Å². The molecule has 10 N–H and O–H groups in total. The van der Waals surface area contributed by atoms with Gasteiger partial charge >= 0.3 is 17.9 Å². The number of carboxylic acids is 3. The number of H-pyrrole nitrogens is 1. The number of hydrogen-bond donors (Lipinski definition) is 9. The van der Waals surface area contributed by atoms with E-state index in [0.717, 1.165) is 10.9 Å². The Bertz CT molecular complexity index is 1460. The van der Waals surface area contributed by atoms with Gasteiger partial charge in [-0.15, -0.1) is 0 Å². The fourth-order valence-corrected chi connectivity index (χ4v) is 4.82. The standard InChI is InChI=1S/C31H44N6O10/c1-15(2)11-21(35-30(45)26(16(3)4)37-27(42)19(32)9-10-24(38)39)28(43)34-22(29(44)36-23(31(46)47)13-25(40)41)12-17-14-33-20-8-6-5-7-18(17)20/h5-8,14-16,19,21-23,26,33H,9-13,32H2,1-4H3,(H,34,43)(H,35,45)(H,36,44)(H,37,42)(H,38,39)(H,40,41)(H,46,47)/t19-,21-,22-,23-,26-/m0/s1. The molecule has 1 aromatic carbocycles. The van der Waals surface area contributed by atoms with Crippen LogP contribution in [0, 0.1) is 11.8 Å². The molecule has 4 amide bonds. The highest BCUT2D eigenvalue weighted by molar-refractivity contribution is 5.96. The lowest BCUT2D eigenvalue weighted by Gasteiger charge is -2.28. The number of fused-ring (bicyclic) bond motifs is 1. The maximum absolute atomic E-state index is 13.7. The molecule has 0 bridgehead atoms. The number of carboxylic acid groups (broad SMARTS) is 3. The van der Waals surface area contributed by atoms with Crippen LogP contribution in [0.25, 0.3) is 10.9 Å². The summed E-state index contributed by atoms with van der Waals surface area (Å²) in [5, 5.41) is 38.2. The van der Waals surface area contributed by atoms with Gasteiger partial charge in [-0.3, -0.25) is 28.8 Å². The van der Waals surface area contributed by atoms with Crippen LogP contribution in [-0.2, 0) is 40.0 Å². The molecule has 1 heterocycles. The Morgan fingerprint density at radius 3 is 1.94 bits per heavy atom. The Hall–Kier alpha value is -4.99. The van der Waals surface area contributed by atoms with Crippen molar-refractivity contribution in [1.29, 1.82) is 0 Å². The van der Waals surface area contributed by atoms with E-state index in [1.165, 1.54) is 0 Å². The number of para-hydroxylation sites is 1. The van der Waals surface area contributed by atoms with Crippen molar-refractivity contribution in [2.24, 2.45) is 17.6 Å². The molecule has 16 heteroatoms. The van der Waals surface area contributed by atoms with Gasteiger partial charge in [0.1, 0.15) is 24.2 Å². The van der Waals surface area contributed by atoms with Gasteiger partial charge in [0.25, 0.3) is 0 Å². The van der Waals surface area contributed by atoms with Crippen molar-refractivity contribution in [1.82, 2.24) is 26.3 Å². The van der Waals surface area contributed by atoms with Gasteiger partial charge in [-0.25, -0.2) is 4.79 Å². The molecule has 1 aromatic heterocycles. The molecular formula is C31H44N6O10. The predicted octanol–water partition coefficient (Wildman–Crippen LogP) is 0.103. The fourth-order valence-electron chi connectivity index (χ4n) is 4.82. The highest BCUT2D eigenvalue weighted by Gasteiger charge is 2.34. The summed E-state index contributed by atoms with van der Waals surface area (Å²) in [7, 11) is 0. The van der Waals surface area contributed by atoms with Gasteiger partial charge in [0.15, 0.2) is 0 Å². The number of nitrogens with one attached hydrogen (secondary N) is 5. The molecular weight excluding hydrogens is 616 g/mol. The normalized spacial score (nSPS) is 14.4. The second kappa shape index (κ2) is 17.6. The van der Waals surface area contributed by atoms with E-state index in [2.05, 4.69) is 26.3 Å². The number of aliphatic carboxylic acids is 3. The lowest BCUT2D eigenvalue weighted by molar-refractivity contribution is -0.147. The smallest absolute Gasteiger partial charge is 0.326 e. The highest BCUT2D eigenvalue weighted by Crippen LogP contribution is 2.20. The van der Waals surface area contributed by atoms with Crippen LogP contribution in [-0.4, -0.2) is 92.0 Å². The monoisotopic (exact) mass is 660 g/mol. The van der Waals surface area contributed by atoms with E-state index in [0.29, 0.717) is 5.56 Å². The van der Waals surface area contributed by atoms with Crippen LogP contribution >= 0.6 is 0 Å². The second-order valence-corrected chi connectivity index (χ2v) is 12.1. The summed E-state index contributed by atoms with van der Waals surface area (Å²) in [5.74, 6) is -7.94. The summed E-state index contributed by atoms with van der Waals surface area (Å²) in [6, 6.07) is 0.491. The second-order valence-electron chi connectivity index (χ2n) is 12.1.